The normalized spacial score (nSPS) is 19.4. The van der Waals surface area contributed by atoms with Crippen LogP contribution in [0.4, 0.5) is 0 Å². The van der Waals surface area contributed by atoms with E-state index < -0.39 is 33.9 Å². The first kappa shape index (κ1) is 19.2. The molecule has 8 heteroatoms. The van der Waals surface area contributed by atoms with Gasteiger partial charge in [-0.1, -0.05) is 24.3 Å². The third-order valence-electron chi connectivity index (χ3n) is 4.56. The Morgan fingerprint density at radius 3 is 2.48 bits per heavy atom. The van der Waals surface area contributed by atoms with Gasteiger partial charge in [-0.15, -0.1) is 0 Å². The molecule has 2 atom stereocenters. The van der Waals surface area contributed by atoms with Crippen molar-refractivity contribution < 1.29 is 27.5 Å². The maximum atomic E-state index is 12.6. The minimum absolute atomic E-state index is 0.0595. The van der Waals surface area contributed by atoms with Crippen molar-refractivity contribution in [1.82, 2.24) is 5.32 Å². The molecule has 1 aliphatic rings. The molecule has 7 nitrogen and oxygen atoms in total. The fraction of sp³-hybridized carbons (Fsp3) is 0.368. The van der Waals surface area contributed by atoms with E-state index in [-0.39, 0.29) is 11.5 Å². The molecule has 1 fully saturated rings. The third-order valence-corrected chi connectivity index (χ3v) is 6.32. The molecule has 3 rings (SSSR count). The molecule has 1 saturated heterocycles. The van der Waals surface area contributed by atoms with Crippen molar-refractivity contribution in [3.63, 3.8) is 0 Å². The summed E-state index contributed by atoms with van der Waals surface area (Å²) < 4.78 is 33.6. The van der Waals surface area contributed by atoms with Crippen molar-refractivity contribution >= 4 is 32.5 Å². The molecular weight excluding hydrogens is 370 g/mol. The van der Waals surface area contributed by atoms with Crippen LogP contribution in [0.3, 0.4) is 0 Å². The van der Waals surface area contributed by atoms with Crippen molar-refractivity contribution in [3.05, 3.63) is 42.0 Å². The lowest BCUT2D eigenvalue weighted by molar-refractivity contribution is -0.129. The number of carbonyl (C=O) groups excluding carboxylic acids is 2. The van der Waals surface area contributed by atoms with Gasteiger partial charge in [-0.25, -0.2) is 13.2 Å². The Morgan fingerprint density at radius 2 is 1.85 bits per heavy atom. The lowest BCUT2D eigenvalue weighted by Crippen LogP contribution is -2.42. The van der Waals surface area contributed by atoms with Crippen LogP contribution in [0.5, 0.6) is 5.75 Å². The van der Waals surface area contributed by atoms with Gasteiger partial charge in [0.05, 0.1) is 24.2 Å². The lowest BCUT2D eigenvalue weighted by Gasteiger charge is -2.17. The molecule has 2 aromatic carbocycles. The average Bonchev–Trinajstić information content (AvgIpc) is 2.98. The number of esters is 1. The number of fused-ring (bicyclic) bond motifs is 1. The molecule has 0 aliphatic carbocycles. The monoisotopic (exact) mass is 391 g/mol. The van der Waals surface area contributed by atoms with E-state index in [1.165, 1.54) is 6.92 Å². The average molecular weight is 391 g/mol. The predicted molar refractivity (Wildman–Crippen MR) is 101 cm³/mol. The van der Waals surface area contributed by atoms with Crippen LogP contribution < -0.4 is 10.1 Å². The van der Waals surface area contributed by atoms with Crippen molar-refractivity contribution in [3.8, 4) is 5.75 Å². The Hall–Kier alpha value is -2.61. The third kappa shape index (κ3) is 4.21. The van der Waals surface area contributed by atoms with Gasteiger partial charge in [-0.3, -0.25) is 4.79 Å². The maximum absolute atomic E-state index is 12.6. The Bertz CT molecular complexity index is 985. The summed E-state index contributed by atoms with van der Waals surface area (Å²) in [5.41, 5.74) is 0.328. The Balaban J connectivity index is 1.72. The van der Waals surface area contributed by atoms with Crippen LogP contribution in [0.1, 0.15) is 23.7 Å². The number of hydrogen-bond donors (Lipinski definition) is 1. The highest BCUT2D eigenvalue weighted by Crippen LogP contribution is 2.28. The molecule has 0 saturated carbocycles. The maximum Gasteiger partial charge on any atom is 0.339 e. The van der Waals surface area contributed by atoms with Crippen molar-refractivity contribution in [2.45, 2.75) is 25.5 Å². The zero-order valence-electron chi connectivity index (χ0n) is 15.1. The standard InChI is InChI=1S/C19H21NO6S/c1-12(18(21)20-13-9-10-27(23,24)11-13)26-19(22)16-7-8-17(25-2)15-6-4-3-5-14(15)16/h3-8,12-13H,9-11H2,1-2H3,(H,20,21)/t12-,13-/m1/s1. The summed E-state index contributed by atoms with van der Waals surface area (Å²) in [5.74, 6) is -0.527. The van der Waals surface area contributed by atoms with E-state index >= 15 is 0 Å². The van der Waals surface area contributed by atoms with Crippen LogP contribution >= 0.6 is 0 Å². The first-order valence-corrected chi connectivity index (χ1v) is 10.4. The Morgan fingerprint density at radius 1 is 1.15 bits per heavy atom. The fourth-order valence-corrected chi connectivity index (χ4v) is 4.81. The molecule has 2 aromatic rings. The second kappa shape index (κ2) is 7.56. The zero-order chi connectivity index (χ0) is 19.6. The number of ether oxygens (including phenoxy) is 2. The van der Waals surface area contributed by atoms with Crippen LogP contribution in [-0.2, 0) is 19.4 Å². The summed E-state index contributed by atoms with van der Waals surface area (Å²) in [5, 5.41) is 4.06. The number of sulfone groups is 1. The van der Waals surface area contributed by atoms with Crippen LogP contribution in [0, 0.1) is 0 Å². The van der Waals surface area contributed by atoms with Gasteiger partial charge in [0.25, 0.3) is 5.91 Å². The summed E-state index contributed by atoms with van der Waals surface area (Å²) in [6.45, 7) is 1.46. The van der Waals surface area contributed by atoms with E-state index in [1.807, 2.05) is 12.1 Å². The number of benzene rings is 2. The summed E-state index contributed by atoms with van der Waals surface area (Å²) in [6, 6.07) is 10.1. The summed E-state index contributed by atoms with van der Waals surface area (Å²) >= 11 is 0. The van der Waals surface area contributed by atoms with Gasteiger partial charge in [0, 0.05) is 11.4 Å². The number of nitrogens with one attached hydrogen (secondary N) is 1. The van der Waals surface area contributed by atoms with Gasteiger partial charge >= 0.3 is 5.97 Å². The van der Waals surface area contributed by atoms with Gasteiger partial charge < -0.3 is 14.8 Å². The summed E-state index contributed by atoms with van der Waals surface area (Å²) in [6.07, 6.45) is -0.667. The van der Waals surface area contributed by atoms with E-state index in [4.69, 9.17) is 9.47 Å². The first-order chi connectivity index (χ1) is 12.8. The highest BCUT2D eigenvalue weighted by atomic mass is 32.2. The second-order valence-corrected chi connectivity index (χ2v) is 8.75. The van der Waals surface area contributed by atoms with E-state index in [2.05, 4.69) is 5.32 Å². The van der Waals surface area contributed by atoms with Crippen LogP contribution in [0.2, 0.25) is 0 Å². The number of carbonyl (C=O) groups is 2. The summed E-state index contributed by atoms with van der Waals surface area (Å²) in [7, 11) is -1.55. The van der Waals surface area contributed by atoms with Crippen LogP contribution in [0.15, 0.2) is 36.4 Å². The van der Waals surface area contributed by atoms with Crippen LogP contribution in [0.25, 0.3) is 10.8 Å². The first-order valence-electron chi connectivity index (χ1n) is 8.58. The number of amides is 1. The van der Waals surface area contributed by atoms with Gasteiger partial charge in [-0.2, -0.15) is 0 Å². The van der Waals surface area contributed by atoms with Crippen molar-refractivity contribution in [2.75, 3.05) is 18.6 Å². The number of rotatable bonds is 5. The molecule has 1 N–H and O–H groups in total. The van der Waals surface area contributed by atoms with Crippen LogP contribution in [-0.4, -0.2) is 51.1 Å². The molecule has 0 unspecified atom stereocenters. The smallest absolute Gasteiger partial charge is 0.339 e. The van der Waals surface area contributed by atoms with Crippen molar-refractivity contribution in [1.29, 1.82) is 0 Å². The molecule has 0 bridgehead atoms. The van der Waals surface area contributed by atoms with Gasteiger partial charge in [0.15, 0.2) is 15.9 Å². The number of methoxy groups -OCH3 is 1. The Labute approximate surface area is 157 Å². The van der Waals surface area contributed by atoms with E-state index in [0.29, 0.717) is 23.1 Å². The quantitative estimate of drug-likeness (QED) is 0.779. The molecule has 144 valence electrons. The molecule has 1 aliphatic heterocycles. The molecule has 1 amide bonds. The van der Waals surface area contributed by atoms with Gasteiger partial charge in [0.1, 0.15) is 5.75 Å². The molecular formula is C19H21NO6S. The minimum Gasteiger partial charge on any atom is -0.496 e. The fourth-order valence-electron chi connectivity index (χ4n) is 3.13. The summed E-state index contributed by atoms with van der Waals surface area (Å²) in [4.78, 5) is 24.8. The highest BCUT2D eigenvalue weighted by Gasteiger charge is 2.31. The minimum atomic E-state index is -3.10. The lowest BCUT2D eigenvalue weighted by atomic mass is 10.0. The zero-order valence-corrected chi connectivity index (χ0v) is 15.9. The second-order valence-electron chi connectivity index (χ2n) is 6.52. The largest absolute Gasteiger partial charge is 0.496 e. The topological polar surface area (TPSA) is 98.8 Å². The van der Waals surface area contributed by atoms with Crippen molar-refractivity contribution in [2.24, 2.45) is 0 Å². The molecule has 1 heterocycles. The number of hydrogen-bond acceptors (Lipinski definition) is 6. The highest BCUT2D eigenvalue weighted by molar-refractivity contribution is 7.91. The molecule has 27 heavy (non-hydrogen) atoms. The molecule has 0 aromatic heterocycles. The van der Waals surface area contributed by atoms with Gasteiger partial charge in [-0.05, 0) is 30.9 Å². The van der Waals surface area contributed by atoms with E-state index in [0.717, 1.165) is 5.39 Å². The van der Waals surface area contributed by atoms with E-state index in [1.54, 1.807) is 31.4 Å². The Kier molecular flexibility index (Phi) is 5.36. The SMILES string of the molecule is COc1ccc(C(=O)O[C@H](C)C(=O)N[C@@H]2CCS(=O)(=O)C2)c2ccccc12. The molecule has 0 spiro atoms. The predicted octanol–water partition coefficient (Wildman–Crippen LogP) is 1.70. The van der Waals surface area contributed by atoms with Gasteiger partial charge in [0.2, 0.25) is 0 Å². The van der Waals surface area contributed by atoms with E-state index in [9.17, 15) is 18.0 Å². The molecule has 0 radical (unpaired) electrons.